The minimum absolute atomic E-state index is 0.116. The summed E-state index contributed by atoms with van der Waals surface area (Å²) >= 11 is 0. The molecule has 2 heterocycles. The Morgan fingerprint density at radius 2 is 1.88 bits per heavy atom. The van der Waals surface area contributed by atoms with Crippen molar-refractivity contribution in [3.63, 3.8) is 0 Å². The molecule has 0 aliphatic carbocycles. The first-order chi connectivity index (χ1) is 8.19. The third-order valence-electron chi connectivity index (χ3n) is 3.65. The zero-order valence-electron chi connectivity index (χ0n) is 10.0. The molecule has 90 valence electrons. The molecular weight excluding hydrogens is 221 g/mol. The van der Waals surface area contributed by atoms with E-state index in [2.05, 4.69) is 17.1 Å². The van der Waals surface area contributed by atoms with E-state index >= 15 is 0 Å². The van der Waals surface area contributed by atoms with Crippen LogP contribution in [0.4, 0.5) is 4.39 Å². The third kappa shape index (κ3) is 1.19. The molecule has 4 heteroatoms. The maximum Gasteiger partial charge on any atom is 0.207 e. The van der Waals surface area contributed by atoms with Gasteiger partial charge in [-0.2, -0.15) is 4.39 Å². The largest absolute Gasteiger partial charge is 0.494 e. The van der Waals surface area contributed by atoms with Gasteiger partial charge in [0.05, 0.1) is 26.3 Å². The molecule has 0 N–H and O–H groups in total. The Bertz CT molecular complexity index is 513. The highest BCUT2D eigenvalue weighted by Crippen LogP contribution is 2.53. The molecule has 0 radical (unpaired) electrons. The van der Waals surface area contributed by atoms with E-state index in [-0.39, 0.29) is 17.8 Å². The van der Waals surface area contributed by atoms with Crippen molar-refractivity contribution in [2.24, 2.45) is 0 Å². The average Bonchev–Trinajstić information content (AvgIpc) is 2.82. The lowest BCUT2D eigenvalue weighted by molar-refractivity contribution is 0.294. The fourth-order valence-corrected chi connectivity index (χ4v) is 2.82. The highest BCUT2D eigenvalue weighted by molar-refractivity contribution is 5.57. The number of nitrogens with zero attached hydrogens (tertiary/aromatic N) is 1. The van der Waals surface area contributed by atoms with Crippen LogP contribution in [-0.4, -0.2) is 26.2 Å². The molecule has 2 atom stereocenters. The van der Waals surface area contributed by atoms with Crippen molar-refractivity contribution in [2.45, 2.75) is 12.1 Å². The SMILES string of the molecule is COc1cc2c(c(OC)c1F)C1C=CC2N1C. The summed E-state index contributed by atoms with van der Waals surface area (Å²) in [5.41, 5.74) is 2.01. The maximum atomic E-state index is 14.1. The molecule has 0 spiro atoms. The zero-order chi connectivity index (χ0) is 12.2. The fourth-order valence-electron chi connectivity index (χ4n) is 2.82. The molecule has 2 aliphatic rings. The topological polar surface area (TPSA) is 21.7 Å². The molecule has 0 amide bonds. The fraction of sp³-hybridized carbons (Fsp3) is 0.385. The van der Waals surface area contributed by atoms with Crippen molar-refractivity contribution in [2.75, 3.05) is 21.3 Å². The number of halogens is 1. The molecule has 0 saturated carbocycles. The van der Waals surface area contributed by atoms with E-state index in [1.807, 2.05) is 7.05 Å². The first-order valence-electron chi connectivity index (χ1n) is 5.53. The van der Waals surface area contributed by atoms with Crippen LogP contribution >= 0.6 is 0 Å². The van der Waals surface area contributed by atoms with E-state index in [4.69, 9.17) is 9.47 Å². The van der Waals surface area contributed by atoms with Gasteiger partial charge in [-0.3, -0.25) is 4.90 Å². The maximum absolute atomic E-state index is 14.1. The Balaban J connectivity index is 2.26. The molecule has 0 saturated heterocycles. The second-order valence-electron chi connectivity index (χ2n) is 4.37. The minimum atomic E-state index is -0.414. The van der Waals surface area contributed by atoms with Crippen molar-refractivity contribution in [3.8, 4) is 11.5 Å². The van der Waals surface area contributed by atoms with E-state index in [1.165, 1.54) is 14.2 Å². The lowest BCUT2D eigenvalue weighted by atomic mass is 9.95. The Morgan fingerprint density at radius 3 is 2.53 bits per heavy atom. The standard InChI is InChI=1S/C13H14FNO2/c1-15-8-4-5-9(15)11-7(8)6-10(16-2)12(14)13(11)17-3/h4-6,8-9H,1-3H3. The number of hydrogen-bond donors (Lipinski definition) is 0. The molecule has 3 nitrogen and oxygen atoms in total. The Kier molecular flexibility index (Phi) is 2.16. The second kappa shape index (κ2) is 3.47. The van der Waals surface area contributed by atoms with Gasteiger partial charge >= 0.3 is 0 Å². The lowest BCUT2D eigenvalue weighted by Gasteiger charge is -2.16. The summed E-state index contributed by atoms with van der Waals surface area (Å²) in [5, 5.41) is 0. The van der Waals surface area contributed by atoms with E-state index in [0.29, 0.717) is 5.75 Å². The Hall–Kier alpha value is -1.55. The normalized spacial score (nSPS) is 25.2. The van der Waals surface area contributed by atoms with Gasteiger partial charge in [0.25, 0.3) is 0 Å². The number of hydrogen-bond acceptors (Lipinski definition) is 3. The highest BCUT2D eigenvalue weighted by Gasteiger charge is 2.41. The van der Waals surface area contributed by atoms with Gasteiger partial charge in [0.15, 0.2) is 11.5 Å². The van der Waals surface area contributed by atoms with Gasteiger partial charge in [-0.1, -0.05) is 12.2 Å². The van der Waals surface area contributed by atoms with E-state index in [1.54, 1.807) is 6.07 Å². The van der Waals surface area contributed by atoms with Crippen LogP contribution in [0.2, 0.25) is 0 Å². The van der Waals surface area contributed by atoms with Crippen molar-refractivity contribution >= 4 is 0 Å². The van der Waals surface area contributed by atoms with Crippen molar-refractivity contribution < 1.29 is 13.9 Å². The summed E-state index contributed by atoms with van der Waals surface area (Å²) in [4.78, 5) is 2.19. The molecule has 2 unspecified atom stereocenters. The summed E-state index contributed by atoms with van der Waals surface area (Å²) < 4.78 is 24.4. The predicted octanol–water partition coefficient (Wildman–Crippen LogP) is 2.44. The molecule has 2 bridgehead atoms. The van der Waals surface area contributed by atoms with Crippen LogP contribution in [0.3, 0.4) is 0 Å². The molecular formula is C13H14FNO2. The van der Waals surface area contributed by atoms with Crippen molar-refractivity contribution in [1.29, 1.82) is 0 Å². The smallest absolute Gasteiger partial charge is 0.207 e. The van der Waals surface area contributed by atoms with Crippen LogP contribution in [0.15, 0.2) is 18.2 Å². The summed E-state index contributed by atoms with van der Waals surface area (Å²) in [7, 11) is 4.99. The van der Waals surface area contributed by atoms with Gasteiger partial charge < -0.3 is 9.47 Å². The number of ether oxygens (including phenoxy) is 2. The lowest BCUT2D eigenvalue weighted by Crippen LogP contribution is -2.13. The van der Waals surface area contributed by atoms with Crippen LogP contribution in [0, 0.1) is 5.82 Å². The number of rotatable bonds is 2. The van der Waals surface area contributed by atoms with Crippen LogP contribution in [0.25, 0.3) is 0 Å². The summed E-state index contributed by atoms with van der Waals surface area (Å²) in [6.07, 6.45) is 4.21. The average molecular weight is 235 g/mol. The van der Waals surface area contributed by atoms with Crippen LogP contribution in [0.1, 0.15) is 23.2 Å². The molecule has 0 fully saturated rings. The van der Waals surface area contributed by atoms with E-state index < -0.39 is 5.82 Å². The monoisotopic (exact) mass is 235 g/mol. The number of methoxy groups -OCH3 is 2. The summed E-state index contributed by atoms with van der Waals surface area (Å²) in [6.45, 7) is 0. The van der Waals surface area contributed by atoms with E-state index in [9.17, 15) is 4.39 Å². The van der Waals surface area contributed by atoms with Crippen LogP contribution in [0.5, 0.6) is 11.5 Å². The van der Waals surface area contributed by atoms with E-state index in [0.717, 1.165) is 11.1 Å². The summed E-state index contributed by atoms with van der Waals surface area (Å²) in [5.74, 6) is 0.140. The van der Waals surface area contributed by atoms with Crippen molar-refractivity contribution in [1.82, 2.24) is 4.90 Å². The molecule has 1 aromatic carbocycles. The van der Waals surface area contributed by atoms with Gasteiger partial charge in [-0.05, 0) is 18.7 Å². The minimum Gasteiger partial charge on any atom is -0.494 e. The first-order valence-corrected chi connectivity index (χ1v) is 5.53. The predicted molar refractivity (Wildman–Crippen MR) is 61.9 cm³/mol. The van der Waals surface area contributed by atoms with Gasteiger partial charge in [0, 0.05) is 5.56 Å². The number of benzene rings is 1. The van der Waals surface area contributed by atoms with Gasteiger partial charge in [0.2, 0.25) is 5.82 Å². The number of fused-ring (bicyclic) bond motifs is 5. The van der Waals surface area contributed by atoms with Gasteiger partial charge in [-0.15, -0.1) is 0 Å². The molecule has 17 heavy (non-hydrogen) atoms. The molecule has 3 rings (SSSR count). The summed E-state index contributed by atoms with van der Waals surface area (Å²) in [6, 6.07) is 2.10. The zero-order valence-corrected chi connectivity index (χ0v) is 10.0. The molecule has 0 aromatic heterocycles. The molecule has 2 aliphatic heterocycles. The highest BCUT2D eigenvalue weighted by atomic mass is 19.1. The van der Waals surface area contributed by atoms with Gasteiger partial charge in [-0.25, -0.2) is 0 Å². The number of likely N-dealkylation sites (N-methyl/N-ethyl adjacent to an activating group) is 1. The van der Waals surface area contributed by atoms with Crippen LogP contribution in [-0.2, 0) is 0 Å². The van der Waals surface area contributed by atoms with Crippen LogP contribution < -0.4 is 9.47 Å². The quantitative estimate of drug-likeness (QED) is 0.735. The molecule has 1 aromatic rings. The van der Waals surface area contributed by atoms with Gasteiger partial charge in [0.1, 0.15) is 0 Å². The second-order valence-corrected chi connectivity index (χ2v) is 4.37. The Labute approximate surface area is 99.4 Å². The third-order valence-corrected chi connectivity index (χ3v) is 3.65. The Morgan fingerprint density at radius 1 is 1.18 bits per heavy atom. The van der Waals surface area contributed by atoms with Crippen molar-refractivity contribution in [3.05, 3.63) is 35.2 Å². The first kappa shape index (κ1) is 10.6.